The molecule has 0 spiro atoms. The topological polar surface area (TPSA) is 122 Å². The number of pyridine rings is 2. The average Bonchev–Trinajstić information content (AvgIpc) is 3.15. The van der Waals surface area contributed by atoms with Crippen LogP contribution in [-0.4, -0.2) is 48.5 Å². The molecular formula is C27H40N6O3S. The highest BCUT2D eigenvalue weighted by atomic mass is 32.2. The Hall–Kier alpha value is -2.88. The molecule has 2 saturated heterocycles. The van der Waals surface area contributed by atoms with Gasteiger partial charge in [0.05, 0.1) is 5.56 Å². The van der Waals surface area contributed by atoms with Crippen LogP contribution in [0.5, 0.6) is 0 Å². The van der Waals surface area contributed by atoms with Gasteiger partial charge >= 0.3 is 0 Å². The Bertz CT molecular complexity index is 1340. The summed E-state index contributed by atoms with van der Waals surface area (Å²) in [7, 11) is -4.23. The van der Waals surface area contributed by atoms with E-state index in [-0.39, 0.29) is 32.9 Å². The highest BCUT2D eigenvalue weighted by molar-refractivity contribution is 7.90. The highest BCUT2D eigenvalue weighted by Crippen LogP contribution is 2.45. The lowest BCUT2D eigenvalue weighted by Gasteiger charge is -2.37. The molecule has 202 valence electrons. The monoisotopic (exact) mass is 528 g/mol. The number of nitrogens with two attached hydrogens (primary N) is 1. The van der Waals surface area contributed by atoms with E-state index < -0.39 is 15.9 Å². The van der Waals surface area contributed by atoms with E-state index in [0.717, 1.165) is 37.3 Å². The number of nitrogens with one attached hydrogen (secondary N) is 1. The molecule has 37 heavy (non-hydrogen) atoms. The van der Waals surface area contributed by atoms with E-state index in [0.29, 0.717) is 11.7 Å². The van der Waals surface area contributed by atoms with Crippen LogP contribution in [0.25, 0.3) is 0 Å². The van der Waals surface area contributed by atoms with Gasteiger partial charge in [-0.1, -0.05) is 26.8 Å². The summed E-state index contributed by atoms with van der Waals surface area (Å²) in [6.07, 6.45) is 1.95. The molecule has 0 aromatic carbocycles. The van der Waals surface area contributed by atoms with Gasteiger partial charge in [0.25, 0.3) is 15.9 Å². The van der Waals surface area contributed by atoms with E-state index in [4.69, 9.17) is 10.7 Å². The van der Waals surface area contributed by atoms with Gasteiger partial charge in [0.2, 0.25) is 0 Å². The number of nitrogen functional groups attached to an aromatic ring is 1. The standard InChI is InChI=1S/C27H40N6O3S/c1-17-13-26(5,6)32(14-17)23-19(24(34)31-37(35,36)21-11-9-10-20(28)29-21)12-18(2)22(30-23)33-16-25(3,4)15-27(33,7)8/h9-12,17H,13-16H2,1-8H3,(H2,28,29)(H,31,34)/t17-/m0/s1. The SMILES string of the molecule is Cc1cc(C(=O)NS(=O)(=O)c2cccc(N)n2)c(N2C[C@@H](C)CC2(C)C)nc1N1CC(C)(C)CC1(C)C. The first-order valence-corrected chi connectivity index (χ1v) is 14.3. The third-order valence-corrected chi connectivity index (χ3v) is 8.70. The molecule has 10 heteroatoms. The number of hydrogen-bond acceptors (Lipinski definition) is 8. The molecule has 2 aromatic heterocycles. The van der Waals surface area contributed by atoms with Gasteiger partial charge in [0.15, 0.2) is 5.03 Å². The smallest absolute Gasteiger partial charge is 0.281 e. The van der Waals surface area contributed by atoms with Crippen molar-refractivity contribution in [3.63, 3.8) is 0 Å². The van der Waals surface area contributed by atoms with Crippen LogP contribution in [0, 0.1) is 18.3 Å². The molecule has 2 aromatic rings. The number of hydrogen-bond donors (Lipinski definition) is 2. The Kier molecular flexibility index (Phi) is 6.50. The number of sulfonamides is 1. The van der Waals surface area contributed by atoms with Crippen molar-refractivity contribution in [2.45, 2.75) is 84.3 Å². The lowest BCUT2D eigenvalue weighted by Crippen LogP contribution is -2.43. The predicted molar refractivity (Wildman–Crippen MR) is 147 cm³/mol. The molecule has 4 rings (SSSR count). The maximum Gasteiger partial charge on any atom is 0.281 e. The van der Waals surface area contributed by atoms with Gasteiger partial charge in [-0.2, -0.15) is 8.42 Å². The number of amides is 1. The van der Waals surface area contributed by atoms with Gasteiger partial charge in [0, 0.05) is 24.2 Å². The fraction of sp³-hybridized carbons (Fsp3) is 0.593. The van der Waals surface area contributed by atoms with Gasteiger partial charge in [-0.15, -0.1) is 0 Å². The number of nitrogens with zero attached hydrogens (tertiary/aromatic N) is 4. The number of aromatic nitrogens is 2. The minimum atomic E-state index is -4.23. The molecule has 2 aliphatic heterocycles. The van der Waals surface area contributed by atoms with Crippen LogP contribution in [0.1, 0.15) is 77.2 Å². The minimum absolute atomic E-state index is 0.0573. The fourth-order valence-electron chi connectivity index (χ4n) is 6.34. The van der Waals surface area contributed by atoms with Gasteiger partial charge in [-0.05, 0) is 82.6 Å². The predicted octanol–water partition coefficient (Wildman–Crippen LogP) is 4.13. The van der Waals surface area contributed by atoms with Crippen LogP contribution in [0.15, 0.2) is 29.3 Å². The van der Waals surface area contributed by atoms with Crippen molar-refractivity contribution in [2.75, 3.05) is 28.6 Å². The number of rotatable bonds is 5. The lowest BCUT2D eigenvalue weighted by molar-refractivity contribution is 0.0981. The van der Waals surface area contributed by atoms with Gasteiger partial charge in [-0.25, -0.2) is 14.7 Å². The summed E-state index contributed by atoms with van der Waals surface area (Å²) in [4.78, 5) is 27.1. The largest absolute Gasteiger partial charge is 0.384 e. The van der Waals surface area contributed by atoms with E-state index in [1.807, 2.05) is 6.92 Å². The van der Waals surface area contributed by atoms with E-state index in [2.05, 4.69) is 68.0 Å². The van der Waals surface area contributed by atoms with Crippen molar-refractivity contribution in [3.05, 3.63) is 35.4 Å². The Balaban J connectivity index is 1.82. The van der Waals surface area contributed by atoms with Crippen molar-refractivity contribution in [1.29, 1.82) is 0 Å². The van der Waals surface area contributed by atoms with E-state index in [9.17, 15) is 13.2 Å². The summed E-state index contributed by atoms with van der Waals surface area (Å²) in [6, 6.07) is 6.06. The third kappa shape index (κ3) is 5.26. The Morgan fingerprint density at radius 3 is 2.27 bits per heavy atom. The second-order valence-corrected chi connectivity index (χ2v) is 14.4. The van der Waals surface area contributed by atoms with Gasteiger partial charge in [0.1, 0.15) is 17.5 Å². The molecule has 3 N–H and O–H groups in total. The summed E-state index contributed by atoms with van der Waals surface area (Å²) in [6.45, 7) is 18.9. The maximum absolute atomic E-state index is 13.6. The van der Waals surface area contributed by atoms with Gasteiger partial charge in [-0.3, -0.25) is 4.79 Å². The number of aryl methyl sites for hydroxylation is 1. The molecule has 1 atom stereocenters. The van der Waals surface area contributed by atoms with Crippen molar-refractivity contribution < 1.29 is 13.2 Å². The maximum atomic E-state index is 13.6. The molecule has 0 saturated carbocycles. The molecular weight excluding hydrogens is 488 g/mol. The molecule has 0 unspecified atom stereocenters. The van der Waals surface area contributed by atoms with E-state index in [1.54, 1.807) is 6.07 Å². The summed E-state index contributed by atoms with van der Waals surface area (Å²) in [5.41, 5.74) is 6.48. The molecule has 9 nitrogen and oxygen atoms in total. The quantitative estimate of drug-likeness (QED) is 0.594. The van der Waals surface area contributed by atoms with E-state index in [1.165, 1.54) is 18.2 Å². The zero-order valence-corrected chi connectivity index (χ0v) is 24.0. The second-order valence-electron chi connectivity index (χ2n) is 12.8. The Morgan fingerprint density at radius 2 is 1.73 bits per heavy atom. The van der Waals surface area contributed by atoms with Crippen LogP contribution in [0.3, 0.4) is 0 Å². The molecule has 1 amide bonds. The number of carbonyl (C=O) groups excluding carboxylic acids is 1. The molecule has 4 heterocycles. The van der Waals surface area contributed by atoms with Crippen molar-refractivity contribution in [2.24, 2.45) is 11.3 Å². The molecule has 2 fully saturated rings. The van der Waals surface area contributed by atoms with Crippen molar-refractivity contribution in [1.82, 2.24) is 14.7 Å². The second kappa shape index (κ2) is 8.85. The first kappa shape index (κ1) is 27.2. The highest BCUT2D eigenvalue weighted by Gasteiger charge is 2.45. The number of anilines is 3. The summed E-state index contributed by atoms with van der Waals surface area (Å²) in [5.74, 6) is 1.06. The van der Waals surface area contributed by atoms with Crippen molar-refractivity contribution >= 4 is 33.4 Å². The summed E-state index contributed by atoms with van der Waals surface area (Å²) >= 11 is 0. The van der Waals surface area contributed by atoms with Crippen molar-refractivity contribution in [3.8, 4) is 0 Å². The number of carbonyl (C=O) groups is 1. The lowest BCUT2D eigenvalue weighted by atomic mass is 9.86. The Labute approximate surface area is 220 Å². The van der Waals surface area contributed by atoms with Crippen LogP contribution in [0.2, 0.25) is 0 Å². The summed E-state index contributed by atoms with van der Waals surface area (Å²) < 4.78 is 28.2. The average molecular weight is 529 g/mol. The normalized spacial score (nSPS) is 22.3. The van der Waals surface area contributed by atoms with Crippen LogP contribution in [0.4, 0.5) is 17.5 Å². The first-order valence-electron chi connectivity index (χ1n) is 12.8. The fourth-order valence-corrected chi connectivity index (χ4v) is 7.28. The van der Waals surface area contributed by atoms with E-state index >= 15 is 0 Å². The van der Waals surface area contributed by atoms with Gasteiger partial charge < -0.3 is 15.5 Å². The third-order valence-electron chi connectivity index (χ3n) is 7.47. The zero-order chi connectivity index (χ0) is 27.6. The van der Waals surface area contributed by atoms with Crippen LogP contribution >= 0.6 is 0 Å². The van der Waals surface area contributed by atoms with Crippen LogP contribution < -0.4 is 20.3 Å². The minimum Gasteiger partial charge on any atom is -0.384 e. The molecule has 0 aliphatic carbocycles. The molecule has 0 radical (unpaired) electrons. The molecule has 0 bridgehead atoms. The summed E-state index contributed by atoms with van der Waals surface area (Å²) in [5, 5.41) is -0.306. The van der Waals surface area contributed by atoms with Crippen LogP contribution in [-0.2, 0) is 10.0 Å². The Morgan fingerprint density at radius 1 is 1.05 bits per heavy atom. The first-order chi connectivity index (χ1) is 16.9. The zero-order valence-electron chi connectivity index (χ0n) is 23.2. The molecule has 2 aliphatic rings.